The van der Waals surface area contributed by atoms with Crippen molar-refractivity contribution < 1.29 is 41.8 Å². The lowest BCUT2D eigenvalue weighted by molar-refractivity contribution is -0.128. The highest BCUT2D eigenvalue weighted by molar-refractivity contribution is 7.89. The monoisotopic (exact) mass is 703 g/mol. The Balaban J connectivity index is 2.05. The van der Waals surface area contributed by atoms with Gasteiger partial charge in [-0.1, -0.05) is 91.8 Å². The molecule has 48 heavy (non-hydrogen) atoms. The van der Waals surface area contributed by atoms with Crippen LogP contribution in [-0.4, -0.2) is 91.3 Å². The van der Waals surface area contributed by atoms with E-state index in [1.807, 2.05) is 0 Å². The Kier molecular flexibility index (Phi) is 13.2. The number of primary sulfonamides is 1. The second-order valence-corrected chi connectivity index (χ2v) is 15.4. The Morgan fingerprint density at radius 2 is 1.48 bits per heavy atom. The minimum absolute atomic E-state index is 0.00478. The second kappa shape index (κ2) is 16.7. The lowest BCUT2D eigenvalue weighted by atomic mass is 9.90. The van der Waals surface area contributed by atoms with E-state index in [0.717, 1.165) is 10.5 Å². The number of amides is 2. The van der Waals surface area contributed by atoms with Gasteiger partial charge in [-0.15, -0.1) is 0 Å². The molecular weight excluding hydrogens is 663 g/mol. The molecule has 0 bridgehead atoms. The van der Waals surface area contributed by atoms with E-state index < -0.39 is 68.5 Å². The van der Waals surface area contributed by atoms with Crippen molar-refractivity contribution in [2.75, 3.05) is 18.8 Å². The fraction of sp³-hybridized carbons (Fsp3) is 0.344. The molecule has 3 rings (SSSR count). The molecule has 2 amide bonds. The summed E-state index contributed by atoms with van der Waals surface area (Å²) >= 11 is 0. The van der Waals surface area contributed by atoms with Crippen LogP contribution >= 0.6 is 0 Å². The Hall–Kier alpha value is -4.35. The zero-order valence-electron chi connectivity index (χ0n) is 26.5. The summed E-state index contributed by atoms with van der Waals surface area (Å²) in [5.41, 5.74) is -0.798. The van der Waals surface area contributed by atoms with Gasteiger partial charge >= 0.3 is 6.09 Å². The highest BCUT2D eigenvalue weighted by Crippen LogP contribution is 2.22. The number of sulfonamides is 2. The predicted octanol–water partition coefficient (Wildman–Crippen LogP) is 1.77. The summed E-state index contributed by atoms with van der Waals surface area (Å²) in [4.78, 5) is 26.0. The van der Waals surface area contributed by atoms with E-state index >= 15 is 0 Å². The number of carboxylic acid groups (broad SMARTS) is 1. The van der Waals surface area contributed by atoms with E-state index in [1.54, 1.807) is 74.5 Å². The van der Waals surface area contributed by atoms with Crippen LogP contribution < -0.4 is 15.8 Å². The molecule has 3 aromatic carbocycles. The van der Waals surface area contributed by atoms with Gasteiger partial charge in [-0.25, -0.2) is 26.8 Å². The number of hydrogen-bond donors (Lipinski definition) is 6. The number of benzene rings is 3. The maximum absolute atomic E-state index is 14.1. The number of aliphatic hydroxyl groups excluding tert-OH is 1. The summed E-state index contributed by atoms with van der Waals surface area (Å²) in [5, 5.41) is 43.2. The van der Waals surface area contributed by atoms with Gasteiger partial charge in [0.2, 0.25) is 26.0 Å². The highest BCUT2D eigenvalue weighted by atomic mass is 32.2. The summed E-state index contributed by atoms with van der Waals surface area (Å²) < 4.78 is 53.5. The van der Waals surface area contributed by atoms with E-state index in [4.69, 9.17) is 10.3 Å². The average Bonchev–Trinajstić information content (AvgIpc) is 3.00. The molecule has 16 heteroatoms. The van der Waals surface area contributed by atoms with Crippen molar-refractivity contribution in [3.8, 4) is 0 Å². The minimum Gasteiger partial charge on any atom is -0.465 e. The lowest BCUT2D eigenvalue weighted by Crippen LogP contribution is -2.66. The van der Waals surface area contributed by atoms with Gasteiger partial charge in [0, 0.05) is 19.5 Å². The molecule has 0 aliphatic rings. The van der Waals surface area contributed by atoms with Gasteiger partial charge in [-0.2, -0.15) is 4.31 Å². The van der Waals surface area contributed by atoms with Crippen molar-refractivity contribution >= 4 is 38.3 Å². The van der Waals surface area contributed by atoms with E-state index in [-0.39, 0.29) is 23.8 Å². The van der Waals surface area contributed by atoms with E-state index in [0.29, 0.717) is 16.7 Å². The molecule has 0 heterocycles. The molecule has 14 nitrogen and oxygen atoms in total. The first kappa shape index (κ1) is 38.1. The first-order chi connectivity index (χ1) is 22.5. The van der Waals surface area contributed by atoms with Gasteiger partial charge in [0.1, 0.15) is 5.54 Å². The molecule has 0 aliphatic heterocycles. The fourth-order valence-corrected chi connectivity index (χ4v) is 7.85. The standard InChI is InChI=1S/C32H41N5O9S2/c1-23(2)20-37(48(45,46)27-15-13-26(14-16-27)19-34-42)21-29(38)28(17-24-9-5-3-6-10-24)35-30(39)32(36-31(40)41,22-47(33,43)44)18-25-11-7-4-8-12-25/h3-16,19,23,28-29,36,38,42H,17-18,20-22H2,1-2H3,(H,35,39)(H,40,41)(H2,33,43,44)/t28-,29-,32-/m0/s1. The summed E-state index contributed by atoms with van der Waals surface area (Å²) in [7, 11) is -8.65. The van der Waals surface area contributed by atoms with Crippen LogP contribution in [0.5, 0.6) is 0 Å². The van der Waals surface area contributed by atoms with E-state index in [2.05, 4.69) is 15.8 Å². The van der Waals surface area contributed by atoms with Crippen LogP contribution in [0.25, 0.3) is 0 Å². The van der Waals surface area contributed by atoms with Crippen molar-refractivity contribution in [1.29, 1.82) is 0 Å². The molecule has 0 radical (unpaired) electrons. The maximum atomic E-state index is 14.1. The zero-order chi connectivity index (χ0) is 35.5. The molecule has 0 spiro atoms. The van der Waals surface area contributed by atoms with Crippen molar-refractivity contribution in [2.45, 2.75) is 49.3 Å². The fourth-order valence-electron chi connectivity index (χ4n) is 5.24. The summed E-state index contributed by atoms with van der Waals surface area (Å²) in [6.07, 6.45) is -2.54. The van der Waals surface area contributed by atoms with Gasteiger partial charge < -0.3 is 26.1 Å². The number of oxime groups is 1. The maximum Gasteiger partial charge on any atom is 0.405 e. The molecule has 0 aromatic heterocycles. The van der Waals surface area contributed by atoms with Crippen LogP contribution in [-0.2, 0) is 37.7 Å². The number of nitrogens with two attached hydrogens (primary N) is 1. The van der Waals surface area contributed by atoms with Crippen LogP contribution in [0.15, 0.2) is 95.0 Å². The molecule has 0 aliphatic carbocycles. The van der Waals surface area contributed by atoms with Crippen LogP contribution in [0.3, 0.4) is 0 Å². The number of nitrogens with zero attached hydrogens (tertiary/aromatic N) is 2. The molecule has 0 fully saturated rings. The highest BCUT2D eigenvalue weighted by Gasteiger charge is 2.45. The Morgan fingerprint density at radius 3 is 1.98 bits per heavy atom. The third-order valence-electron chi connectivity index (χ3n) is 7.34. The van der Waals surface area contributed by atoms with Crippen molar-refractivity contribution in [3.63, 3.8) is 0 Å². The van der Waals surface area contributed by atoms with Gasteiger partial charge in [0.25, 0.3) is 0 Å². The number of rotatable bonds is 17. The number of carbonyl (C=O) groups is 2. The number of carbonyl (C=O) groups excluding carboxylic acids is 1. The van der Waals surface area contributed by atoms with Crippen molar-refractivity contribution in [3.05, 3.63) is 102 Å². The topological polar surface area (TPSA) is 229 Å². The number of aliphatic hydroxyl groups is 1. The van der Waals surface area contributed by atoms with Gasteiger partial charge in [0.05, 0.1) is 29.0 Å². The molecule has 0 saturated carbocycles. The number of nitrogens with one attached hydrogen (secondary N) is 2. The van der Waals surface area contributed by atoms with Crippen molar-refractivity contribution in [2.24, 2.45) is 16.2 Å². The largest absolute Gasteiger partial charge is 0.465 e. The predicted molar refractivity (Wildman–Crippen MR) is 180 cm³/mol. The van der Waals surface area contributed by atoms with E-state index in [1.165, 1.54) is 24.3 Å². The van der Waals surface area contributed by atoms with Gasteiger partial charge in [-0.3, -0.25) is 4.79 Å². The van der Waals surface area contributed by atoms with Crippen LogP contribution in [0.4, 0.5) is 4.79 Å². The van der Waals surface area contributed by atoms with Crippen LogP contribution in [0.1, 0.15) is 30.5 Å². The normalized spacial score (nSPS) is 14.8. The Morgan fingerprint density at radius 1 is 0.917 bits per heavy atom. The summed E-state index contributed by atoms with van der Waals surface area (Å²) in [6, 6.07) is 21.1. The molecule has 3 atom stereocenters. The van der Waals surface area contributed by atoms with Gasteiger partial charge in [0.15, 0.2) is 0 Å². The second-order valence-electron chi connectivity index (χ2n) is 11.8. The zero-order valence-corrected chi connectivity index (χ0v) is 28.1. The molecule has 3 aromatic rings. The molecule has 0 unspecified atom stereocenters. The first-order valence-electron chi connectivity index (χ1n) is 14.9. The van der Waals surface area contributed by atoms with Crippen molar-refractivity contribution in [1.82, 2.24) is 14.9 Å². The summed E-state index contributed by atoms with van der Waals surface area (Å²) in [5.74, 6) is -2.36. The SMILES string of the molecule is CC(C)CN(C[C@H](O)[C@H](Cc1ccccc1)NC(=O)[C@](Cc1ccccc1)(CS(N)(=O)=O)NC(=O)O)S(=O)(=O)c1ccc(C=NO)cc1. The van der Waals surface area contributed by atoms with E-state index in [9.17, 15) is 36.6 Å². The minimum atomic E-state index is -4.46. The average molecular weight is 704 g/mol. The molecule has 260 valence electrons. The Bertz CT molecular complexity index is 1760. The molecule has 0 saturated heterocycles. The third-order valence-corrected chi connectivity index (χ3v) is 10.1. The molecular formula is C32H41N5O9S2. The number of hydrogen-bond acceptors (Lipinski definition) is 9. The summed E-state index contributed by atoms with van der Waals surface area (Å²) in [6.45, 7) is 3.10. The third kappa shape index (κ3) is 11.1. The molecule has 7 N–H and O–H groups in total. The van der Waals surface area contributed by atoms with Gasteiger partial charge in [-0.05, 0) is 41.2 Å². The Labute approximate surface area is 280 Å². The van der Waals surface area contributed by atoms with Crippen LogP contribution in [0, 0.1) is 5.92 Å². The first-order valence-corrected chi connectivity index (χ1v) is 18.1. The lowest BCUT2D eigenvalue weighted by Gasteiger charge is -2.35. The smallest absolute Gasteiger partial charge is 0.405 e. The van der Waals surface area contributed by atoms with Crippen LogP contribution in [0.2, 0.25) is 0 Å². The quantitative estimate of drug-likeness (QED) is 0.0683.